The number of amides is 2. The number of aryl methyl sites for hydroxylation is 1. The van der Waals surface area contributed by atoms with Crippen molar-refractivity contribution in [2.75, 3.05) is 10.8 Å². The first-order valence-corrected chi connectivity index (χ1v) is 16.6. The van der Waals surface area contributed by atoms with Crippen molar-refractivity contribution < 1.29 is 22.7 Å². The van der Waals surface area contributed by atoms with Crippen LogP contribution in [0.25, 0.3) is 0 Å². The van der Waals surface area contributed by atoms with E-state index in [1.54, 1.807) is 67.6 Å². The van der Waals surface area contributed by atoms with E-state index >= 15 is 0 Å². The summed E-state index contributed by atoms with van der Waals surface area (Å²) in [6.07, 6.45) is 0.712. The summed E-state index contributed by atoms with van der Waals surface area (Å²) in [4.78, 5) is 28.8. The highest BCUT2D eigenvalue weighted by molar-refractivity contribution is 7.92. The number of carbonyl (C=O) groups is 2. The molecule has 2 unspecified atom stereocenters. The van der Waals surface area contributed by atoms with Crippen LogP contribution in [0.4, 0.5) is 5.69 Å². The van der Waals surface area contributed by atoms with Gasteiger partial charge in [0.1, 0.15) is 24.1 Å². The number of ether oxygens (including phenoxy) is 1. The van der Waals surface area contributed by atoms with Gasteiger partial charge in [-0.2, -0.15) is 0 Å². The maximum atomic E-state index is 14.2. The Bertz CT molecular complexity index is 1700. The Morgan fingerprint density at radius 3 is 2.07 bits per heavy atom. The minimum absolute atomic E-state index is 0.00979. The maximum Gasteiger partial charge on any atom is 0.264 e. The fourth-order valence-electron chi connectivity index (χ4n) is 4.53. The van der Waals surface area contributed by atoms with Crippen molar-refractivity contribution in [2.24, 2.45) is 0 Å². The molecule has 236 valence electrons. The van der Waals surface area contributed by atoms with Gasteiger partial charge in [-0.05, 0) is 87.4 Å². The Kier molecular flexibility index (Phi) is 11.3. The highest BCUT2D eigenvalue weighted by Crippen LogP contribution is 2.29. The van der Waals surface area contributed by atoms with Crippen LogP contribution in [0.15, 0.2) is 108 Å². The van der Waals surface area contributed by atoms with Crippen molar-refractivity contribution in [1.29, 1.82) is 0 Å². The molecule has 2 atom stereocenters. The van der Waals surface area contributed by atoms with Gasteiger partial charge in [-0.1, -0.05) is 72.6 Å². The monoisotopic (exact) mass is 647 g/mol. The third-order valence-electron chi connectivity index (χ3n) is 7.46. The van der Waals surface area contributed by atoms with Gasteiger partial charge in [0.15, 0.2) is 0 Å². The molecule has 0 saturated carbocycles. The molecule has 0 saturated heterocycles. The molecule has 4 aromatic rings. The van der Waals surface area contributed by atoms with Crippen LogP contribution in [0.5, 0.6) is 11.5 Å². The zero-order chi connectivity index (χ0) is 32.6. The zero-order valence-electron chi connectivity index (χ0n) is 25.8. The van der Waals surface area contributed by atoms with E-state index in [1.165, 1.54) is 17.0 Å². The van der Waals surface area contributed by atoms with Crippen LogP contribution in [-0.2, 0) is 26.2 Å². The van der Waals surface area contributed by atoms with E-state index in [0.717, 1.165) is 9.87 Å². The molecule has 0 spiro atoms. The number of nitrogens with one attached hydrogen (secondary N) is 1. The van der Waals surface area contributed by atoms with Crippen molar-refractivity contribution in [3.8, 4) is 11.5 Å². The van der Waals surface area contributed by atoms with E-state index in [1.807, 2.05) is 51.1 Å². The summed E-state index contributed by atoms with van der Waals surface area (Å²) >= 11 is 6.45. The Labute approximate surface area is 270 Å². The number of hydrogen-bond donors (Lipinski definition) is 1. The van der Waals surface area contributed by atoms with E-state index in [-0.39, 0.29) is 29.1 Å². The normalized spacial score (nSPS) is 12.6. The van der Waals surface area contributed by atoms with Gasteiger partial charge in [-0.15, -0.1) is 0 Å². The fourth-order valence-corrected chi connectivity index (χ4v) is 6.14. The van der Waals surface area contributed by atoms with Crippen LogP contribution in [0.1, 0.15) is 38.3 Å². The van der Waals surface area contributed by atoms with E-state index in [4.69, 9.17) is 16.3 Å². The minimum Gasteiger partial charge on any atom is -0.457 e. The van der Waals surface area contributed by atoms with Crippen molar-refractivity contribution in [1.82, 2.24) is 10.2 Å². The van der Waals surface area contributed by atoms with Crippen LogP contribution in [0.2, 0.25) is 5.02 Å². The van der Waals surface area contributed by atoms with Gasteiger partial charge in [0.05, 0.1) is 10.6 Å². The number of sulfonamides is 1. The molecule has 0 fully saturated rings. The topological polar surface area (TPSA) is 96.0 Å². The molecule has 0 aliphatic rings. The summed E-state index contributed by atoms with van der Waals surface area (Å²) in [7, 11) is -4.20. The van der Waals surface area contributed by atoms with Gasteiger partial charge < -0.3 is 15.0 Å². The number of nitrogens with zero attached hydrogens (tertiary/aromatic N) is 2. The van der Waals surface area contributed by atoms with E-state index in [2.05, 4.69) is 5.32 Å². The molecule has 8 nitrogen and oxygen atoms in total. The second-order valence-corrected chi connectivity index (χ2v) is 13.1. The molecular weight excluding hydrogens is 610 g/mol. The summed E-state index contributed by atoms with van der Waals surface area (Å²) in [5, 5.41) is 3.36. The number of carbonyl (C=O) groups excluding carboxylic acids is 2. The summed E-state index contributed by atoms with van der Waals surface area (Å²) in [6, 6.07) is 28.1. The second-order valence-electron chi connectivity index (χ2n) is 10.8. The maximum absolute atomic E-state index is 14.2. The van der Waals surface area contributed by atoms with Crippen LogP contribution < -0.4 is 14.4 Å². The molecule has 0 aliphatic carbocycles. The summed E-state index contributed by atoms with van der Waals surface area (Å²) < 4.78 is 35.2. The van der Waals surface area contributed by atoms with Gasteiger partial charge >= 0.3 is 0 Å². The Hall–Kier alpha value is -4.34. The lowest BCUT2D eigenvalue weighted by Crippen LogP contribution is -2.52. The van der Waals surface area contributed by atoms with Crippen molar-refractivity contribution >= 4 is 39.1 Å². The molecule has 0 aromatic heterocycles. The van der Waals surface area contributed by atoms with Crippen LogP contribution >= 0.6 is 11.6 Å². The summed E-state index contributed by atoms with van der Waals surface area (Å²) in [6.45, 7) is 6.77. The van der Waals surface area contributed by atoms with Gasteiger partial charge in [0.25, 0.3) is 10.0 Å². The molecule has 4 aromatic carbocycles. The summed E-state index contributed by atoms with van der Waals surface area (Å²) in [5.41, 5.74) is 1.79. The third-order valence-corrected chi connectivity index (χ3v) is 9.62. The molecule has 1 N–H and O–H groups in total. The summed E-state index contributed by atoms with van der Waals surface area (Å²) in [5.74, 6) is 0.214. The quantitative estimate of drug-likeness (QED) is 0.169. The van der Waals surface area contributed by atoms with Gasteiger partial charge in [-0.3, -0.25) is 13.9 Å². The van der Waals surface area contributed by atoms with Crippen LogP contribution in [0.3, 0.4) is 0 Å². The number of para-hydroxylation sites is 1. The van der Waals surface area contributed by atoms with Crippen LogP contribution in [-0.4, -0.2) is 43.8 Å². The fraction of sp³-hybridized carbons (Fsp3) is 0.257. The molecule has 4 rings (SSSR count). The Morgan fingerprint density at radius 2 is 1.44 bits per heavy atom. The number of anilines is 1. The molecule has 0 radical (unpaired) electrons. The lowest BCUT2D eigenvalue weighted by atomic mass is 10.1. The number of benzene rings is 4. The first kappa shape index (κ1) is 33.6. The number of hydrogen-bond acceptors (Lipinski definition) is 5. The van der Waals surface area contributed by atoms with Crippen molar-refractivity contribution in [3.63, 3.8) is 0 Å². The highest BCUT2D eigenvalue weighted by Gasteiger charge is 2.33. The number of halogens is 1. The van der Waals surface area contributed by atoms with Gasteiger partial charge in [-0.25, -0.2) is 8.42 Å². The lowest BCUT2D eigenvalue weighted by Gasteiger charge is -2.32. The zero-order valence-corrected chi connectivity index (χ0v) is 27.4. The molecule has 0 aliphatic heterocycles. The lowest BCUT2D eigenvalue weighted by molar-refractivity contribution is -0.139. The third kappa shape index (κ3) is 8.65. The Balaban J connectivity index is 1.71. The largest absolute Gasteiger partial charge is 0.457 e. The van der Waals surface area contributed by atoms with Crippen molar-refractivity contribution in [3.05, 3.63) is 119 Å². The van der Waals surface area contributed by atoms with E-state index in [0.29, 0.717) is 28.5 Å². The molecular formula is C35H38ClN3O5S. The standard InChI is InChI=1S/C35H38ClN3O5S/c1-5-26(3)37-35(41)27(4)38(23-28-11-9-10-14-33(28)36)34(40)24-39(45(42,43)32-21-15-25(2)16-22-32)29-17-19-31(20-18-29)44-30-12-7-6-8-13-30/h6-22,26-27H,5,23-24H2,1-4H3,(H,37,41). The van der Waals surface area contributed by atoms with Crippen LogP contribution in [0, 0.1) is 6.92 Å². The first-order chi connectivity index (χ1) is 21.5. The highest BCUT2D eigenvalue weighted by atomic mass is 35.5. The van der Waals surface area contributed by atoms with E-state index in [9.17, 15) is 18.0 Å². The predicted octanol–water partition coefficient (Wildman–Crippen LogP) is 6.97. The SMILES string of the molecule is CCC(C)NC(=O)C(C)N(Cc1ccccc1Cl)C(=O)CN(c1ccc(Oc2ccccc2)cc1)S(=O)(=O)c1ccc(C)cc1. The molecule has 45 heavy (non-hydrogen) atoms. The average molecular weight is 648 g/mol. The molecule has 2 amide bonds. The Morgan fingerprint density at radius 1 is 0.844 bits per heavy atom. The predicted molar refractivity (Wildman–Crippen MR) is 178 cm³/mol. The van der Waals surface area contributed by atoms with Gasteiger partial charge in [0.2, 0.25) is 11.8 Å². The molecule has 0 bridgehead atoms. The van der Waals surface area contributed by atoms with E-state index < -0.39 is 28.5 Å². The first-order valence-electron chi connectivity index (χ1n) is 14.7. The minimum atomic E-state index is -4.20. The van der Waals surface area contributed by atoms with Crippen molar-refractivity contribution in [2.45, 2.75) is 57.6 Å². The average Bonchev–Trinajstić information content (AvgIpc) is 3.03. The smallest absolute Gasteiger partial charge is 0.264 e. The molecule has 0 heterocycles. The van der Waals surface area contributed by atoms with Gasteiger partial charge in [0, 0.05) is 17.6 Å². The number of rotatable bonds is 13. The molecule has 10 heteroatoms. The second kappa shape index (κ2) is 15.1.